The Labute approximate surface area is 74.9 Å². The van der Waals surface area contributed by atoms with Gasteiger partial charge in [0.15, 0.2) is 0 Å². The van der Waals surface area contributed by atoms with E-state index in [9.17, 15) is 5.11 Å². The van der Waals surface area contributed by atoms with Gasteiger partial charge in [-0.2, -0.15) is 0 Å². The second-order valence-corrected chi connectivity index (χ2v) is 3.77. The third kappa shape index (κ3) is 3.11. The summed E-state index contributed by atoms with van der Waals surface area (Å²) in [6.07, 6.45) is 7.39. The van der Waals surface area contributed by atoms with Crippen molar-refractivity contribution in [3.05, 3.63) is 0 Å². The fourth-order valence-electron chi connectivity index (χ4n) is 2.00. The molecule has 1 atom stereocenters. The van der Waals surface area contributed by atoms with Gasteiger partial charge < -0.3 is 9.84 Å². The van der Waals surface area contributed by atoms with E-state index in [1.165, 1.54) is 38.5 Å². The molecule has 2 nitrogen and oxygen atoms in total. The summed E-state index contributed by atoms with van der Waals surface area (Å²) < 4.78 is 4.95. The van der Waals surface area contributed by atoms with Crippen LogP contribution < -0.4 is 0 Å². The molecule has 1 unspecified atom stereocenters. The molecule has 0 aliphatic heterocycles. The van der Waals surface area contributed by atoms with Crippen LogP contribution in [0.15, 0.2) is 0 Å². The second kappa shape index (κ2) is 5.55. The van der Waals surface area contributed by atoms with E-state index in [1.807, 2.05) is 0 Å². The Balaban J connectivity index is 2.27. The topological polar surface area (TPSA) is 29.5 Å². The molecule has 0 amide bonds. The minimum Gasteiger partial charge on any atom is -0.390 e. The molecule has 1 fully saturated rings. The minimum absolute atomic E-state index is 0.229. The van der Waals surface area contributed by atoms with Crippen molar-refractivity contribution in [2.45, 2.75) is 44.6 Å². The zero-order valence-corrected chi connectivity index (χ0v) is 7.96. The lowest BCUT2D eigenvalue weighted by molar-refractivity contribution is 0.0205. The van der Waals surface area contributed by atoms with Gasteiger partial charge in [-0.15, -0.1) is 0 Å². The molecule has 1 N–H and O–H groups in total. The second-order valence-electron chi connectivity index (χ2n) is 3.77. The fraction of sp³-hybridized carbons (Fsp3) is 1.00. The molecule has 0 bridgehead atoms. The van der Waals surface area contributed by atoms with E-state index in [2.05, 4.69) is 0 Å². The van der Waals surface area contributed by atoms with Crippen molar-refractivity contribution in [1.82, 2.24) is 0 Å². The molecule has 0 aromatic heterocycles. The van der Waals surface area contributed by atoms with Gasteiger partial charge >= 0.3 is 0 Å². The molecular weight excluding hydrogens is 152 g/mol. The summed E-state index contributed by atoms with van der Waals surface area (Å²) in [6.45, 7) is 0.505. The molecule has 0 saturated heterocycles. The Kier molecular flexibility index (Phi) is 4.62. The van der Waals surface area contributed by atoms with Gasteiger partial charge in [0.2, 0.25) is 0 Å². The standard InChI is InChI=1S/C10H20O2/c1-12-8-10(11)9-6-4-2-3-5-7-9/h9-11H,2-8H2,1H3. The highest BCUT2D eigenvalue weighted by Gasteiger charge is 2.19. The van der Waals surface area contributed by atoms with E-state index < -0.39 is 0 Å². The first-order chi connectivity index (χ1) is 5.84. The van der Waals surface area contributed by atoms with Gasteiger partial charge in [0.25, 0.3) is 0 Å². The van der Waals surface area contributed by atoms with Crippen LogP contribution in [0, 0.1) is 5.92 Å². The van der Waals surface area contributed by atoms with Gasteiger partial charge in [-0.25, -0.2) is 0 Å². The Morgan fingerprint density at radius 3 is 2.33 bits per heavy atom. The Bertz CT molecular complexity index is 106. The van der Waals surface area contributed by atoms with Crippen molar-refractivity contribution in [2.75, 3.05) is 13.7 Å². The summed E-state index contributed by atoms with van der Waals surface area (Å²) in [4.78, 5) is 0. The van der Waals surface area contributed by atoms with Crippen LogP contribution in [0.4, 0.5) is 0 Å². The van der Waals surface area contributed by atoms with Crippen LogP contribution in [0.25, 0.3) is 0 Å². The third-order valence-corrected chi connectivity index (χ3v) is 2.78. The molecular formula is C10H20O2. The van der Waals surface area contributed by atoms with Gasteiger partial charge in [0.1, 0.15) is 0 Å². The molecule has 0 heterocycles. The van der Waals surface area contributed by atoms with Crippen LogP contribution >= 0.6 is 0 Å². The maximum absolute atomic E-state index is 9.67. The smallest absolute Gasteiger partial charge is 0.0801 e. The van der Waals surface area contributed by atoms with Gasteiger partial charge in [-0.3, -0.25) is 0 Å². The molecule has 1 aliphatic carbocycles. The highest BCUT2D eigenvalue weighted by molar-refractivity contribution is 4.71. The molecule has 12 heavy (non-hydrogen) atoms. The molecule has 2 heteroatoms. The lowest BCUT2D eigenvalue weighted by atomic mass is 9.94. The number of hydrogen-bond donors (Lipinski definition) is 1. The highest BCUT2D eigenvalue weighted by Crippen LogP contribution is 2.25. The van der Waals surface area contributed by atoms with Crippen molar-refractivity contribution in [3.63, 3.8) is 0 Å². The van der Waals surface area contributed by atoms with Crippen LogP contribution in [0.1, 0.15) is 38.5 Å². The average molecular weight is 172 g/mol. The van der Waals surface area contributed by atoms with E-state index in [0.29, 0.717) is 12.5 Å². The quantitative estimate of drug-likeness (QED) is 0.659. The number of hydrogen-bond acceptors (Lipinski definition) is 2. The first-order valence-corrected chi connectivity index (χ1v) is 5.01. The number of aliphatic hydroxyl groups excluding tert-OH is 1. The van der Waals surface area contributed by atoms with E-state index in [0.717, 1.165) is 0 Å². The fourth-order valence-corrected chi connectivity index (χ4v) is 2.00. The highest BCUT2D eigenvalue weighted by atomic mass is 16.5. The number of aliphatic hydroxyl groups is 1. The largest absolute Gasteiger partial charge is 0.390 e. The lowest BCUT2D eigenvalue weighted by Gasteiger charge is -2.19. The molecule has 72 valence electrons. The molecule has 0 radical (unpaired) electrons. The Morgan fingerprint density at radius 1 is 1.25 bits per heavy atom. The number of methoxy groups -OCH3 is 1. The molecule has 1 saturated carbocycles. The van der Waals surface area contributed by atoms with Crippen molar-refractivity contribution >= 4 is 0 Å². The van der Waals surface area contributed by atoms with Crippen molar-refractivity contribution < 1.29 is 9.84 Å². The molecule has 0 spiro atoms. The van der Waals surface area contributed by atoms with Gasteiger partial charge in [0, 0.05) is 7.11 Å². The van der Waals surface area contributed by atoms with Crippen molar-refractivity contribution in [3.8, 4) is 0 Å². The normalized spacial score (nSPS) is 23.5. The van der Waals surface area contributed by atoms with Crippen LogP contribution in [0.2, 0.25) is 0 Å². The summed E-state index contributed by atoms with van der Waals surface area (Å²) in [7, 11) is 1.65. The van der Waals surface area contributed by atoms with Crippen LogP contribution in [-0.4, -0.2) is 24.9 Å². The van der Waals surface area contributed by atoms with E-state index in [4.69, 9.17) is 4.74 Å². The maximum atomic E-state index is 9.67. The SMILES string of the molecule is COCC(O)C1CCCCCC1. The van der Waals surface area contributed by atoms with Gasteiger partial charge in [-0.1, -0.05) is 25.7 Å². The van der Waals surface area contributed by atoms with E-state index >= 15 is 0 Å². The van der Waals surface area contributed by atoms with Crippen LogP contribution in [-0.2, 0) is 4.74 Å². The van der Waals surface area contributed by atoms with Gasteiger partial charge in [0.05, 0.1) is 12.7 Å². The van der Waals surface area contributed by atoms with E-state index in [1.54, 1.807) is 7.11 Å². The zero-order valence-electron chi connectivity index (χ0n) is 7.96. The lowest BCUT2D eigenvalue weighted by Crippen LogP contribution is -2.24. The monoisotopic (exact) mass is 172 g/mol. The van der Waals surface area contributed by atoms with Gasteiger partial charge in [-0.05, 0) is 18.8 Å². The van der Waals surface area contributed by atoms with Crippen molar-refractivity contribution in [1.29, 1.82) is 0 Å². The maximum Gasteiger partial charge on any atom is 0.0801 e. The zero-order chi connectivity index (χ0) is 8.81. The Morgan fingerprint density at radius 2 is 1.83 bits per heavy atom. The summed E-state index contributed by atoms with van der Waals surface area (Å²) >= 11 is 0. The summed E-state index contributed by atoms with van der Waals surface area (Å²) in [6, 6.07) is 0. The average Bonchev–Trinajstić information content (AvgIpc) is 2.32. The van der Waals surface area contributed by atoms with Crippen LogP contribution in [0.5, 0.6) is 0 Å². The van der Waals surface area contributed by atoms with E-state index in [-0.39, 0.29) is 6.10 Å². The predicted molar refractivity (Wildman–Crippen MR) is 49.1 cm³/mol. The van der Waals surface area contributed by atoms with Crippen LogP contribution in [0.3, 0.4) is 0 Å². The summed E-state index contributed by atoms with van der Waals surface area (Å²) in [5.41, 5.74) is 0. The van der Waals surface area contributed by atoms with Crippen molar-refractivity contribution in [2.24, 2.45) is 5.92 Å². The summed E-state index contributed by atoms with van der Waals surface area (Å²) in [5.74, 6) is 0.493. The first kappa shape index (κ1) is 10.0. The Hall–Kier alpha value is -0.0800. The number of ether oxygens (including phenoxy) is 1. The number of rotatable bonds is 3. The first-order valence-electron chi connectivity index (χ1n) is 5.01. The molecule has 1 rings (SSSR count). The third-order valence-electron chi connectivity index (χ3n) is 2.78. The molecule has 0 aromatic rings. The summed E-state index contributed by atoms with van der Waals surface area (Å²) in [5, 5.41) is 9.67. The minimum atomic E-state index is -0.229. The molecule has 1 aliphatic rings. The molecule has 0 aromatic carbocycles. The predicted octanol–water partition coefficient (Wildman–Crippen LogP) is 1.96.